The van der Waals surface area contributed by atoms with Crippen LogP contribution in [0.5, 0.6) is 5.75 Å². The van der Waals surface area contributed by atoms with Crippen molar-refractivity contribution in [2.75, 3.05) is 0 Å². The molecule has 1 aromatic carbocycles. The molecule has 0 unspecified atom stereocenters. The normalized spacial score (nSPS) is 9.18. The van der Waals surface area contributed by atoms with Gasteiger partial charge in [-0.05, 0) is 18.1 Å². The molecule has 0 saturated heterocycles. The second-order valence-electron chi connectivity index (χ2n) is 3.85. The van der Waals surface area contributed by atoms with Crippen LogP contribution in [-0.2, 0) is 0 Å². The first-order chi connectivity index (χ1) is 7.82. The van der Waals surface area contributed by atoms with E-state index in [9.17, 15) is 14.9 Å². The van der Waals surface area contributed by atoms with Crippen molar-refractivity contribution in [1.29, 1.82) is 0 Å². The molecule has 0 bridgehead atoms. The number of benzene rings is 1. The quantitative estimate of drug-likeness (QED) is 0.371. The smallest absolute Gasteiger partial charge is 0.449 e. The van der Waals surface area contributed by atoms with E-state index in [-0.39, 0.29) is 11.4 Å². The lowest BCUT2D eigenvalue weighted by atomic mass is 10.3. The molecule has 17 heavy (non-hydrogen) atoms. The molecule has 1 N–H and O–H groups in total. The SMILES string of the molecule is CC(C)C.O=C(O)Oc1ccc([N+](=O)[O-])cc1. The lowest BCUT2D eigenvalue weighted by Crippen LogP contribution is -2.02. The van der Waals surface area contributed by atoms with Crippen LogP contribution in [0.25, 0.3) is 0 Å². The zero-order valence-corrected chi connectivity index (χ0v) is 9.91. The zero-order valence-electron chi connectivity index (χ0n) is 9.91. The van der Waals surface area contributed by atoms with Crippen LogP contribution in [0.4, 0.5) is 10.5 Å². The van der Waals surface area contributed by atoms with E-state index >= 15 is 0 Å². The van der Waals surface area contributed by atoms with Crippen molar-refractivity contribution in [2.24, 2.45) is 5.92 Å². The van der Waals surface area contributed by atoms with Gasteiger partial charge in [0.1, 0.15) is 5.75 Å². The van der Waals surface area contributed by atoms with Crippen LogP contribution >= 0.6 is 0 Å². The molecule has 6 heteroatoms. The first-order valence-corrected chi connectivity index (χ1v) is 4.98. The molecular weight excluding hydrogens is 226 g/mol. The van der Waals surface area contributed by atoms with Crippen LogP contribution < -0.4 is 4.74 Å². The summed E-state index contributed by atoms with van der Waals surface area (Å²) in [4.78, 5) is 19.6. The Hall–Kier alpha value is -2.11. The van der Waals surface area contributed by atoms with Crippen LogP contribution in [-0.4, -0.2) is 16.2 Å². The molecule has 0 amide bonds. The fourth-order valence-electron chi connectivity index (χ4n) is 0.737. The Morgan fingerprint density at radius 2 is 1.71 bits per heavy atom. The second kappa shape index (κ2) is 7.21. The van der Waals surface area contributed by atoms with Gasteiger partial charge in [0.2, 0.25) is 0 Å². The highest BCUT2D eigenvalue weighted by Gasteiger charge is 2.05. The topological polar surface area (TPSA) is 89.7 Å². The van der Waals surface area contributed by atoms with E-state index in [4.69, 9.17) is 5.11 Å². The first kappa shape index (κ1) is 14.9. The molecule has 0 aliphatic rings. The number of rotatable bonds is 2. The van der Waals surface area contributed by atoms with E-state index in [2.05, 4.69) is 25.5 Å². The average molecular weight is 241 g/mol. The summed E-state index contributed by atoms with van der Waals surface area (Å²) >= 11 is 0. The standard InChI is InChI=1S/C7H5NO5.C4H10/c9-7(10)13-6-3-1-5(2-4-6)8(11)12;1-4(2)3/h1-4H,(H,9,10);4H,1-3H3. The Kier molecular flexibility index (Phi) is 6.32. The number of hydrogen-bond donors (Lipinski definition) is 1. The van der Waals surface area contributed by atoms with Gasteiger partial charge < -0.3 is 9.84 Å². The van der Waals surface area contributed by atoms with E-state index < -0.39 is 11.1 Å². The fourth-order valence-corrected chi connectivity index (χ4v) is 0.737. The van der Waals surface area contributed by atoms with E-state index in [1.54, 1.807) is 0 Å². The van der Waals surface area contributed by atoms with Gasteiger partial charge in [-0.1, -0.05) is 20.8 Å². The number of hydrogen-bond acceptors (Lipinski definition) is 4. The monoisotopic (exact) mass is 241 g/mol. The Bertz CT molecular complexity index is 369. The molecule has 1 rings (SSSR count). The Morgan fingerprint density at radius 1 is 1.29 bits per heavy atom. The molecule has 0 aliphatic carbocycles. The predicted octanol–water partition coefficient (Wildman–Crippen LogP) is 3.31. The van der Waals surface area contributed by atoms with Crippen LogP contribution in [0.1, 0.15) is 20.8 Å². The number of nitro benzene ring substituents is 1. The number of nitrogens with zero attached hydrogens (tertiary/aromatic N) is 1. The third-order valence-corrected chi connectivity index (χ3v) is 1.25. The van der Waals surface area contributed by atoms with Gasteiger partial charge in [0.05, 0.1) is 4.92 Å². The molecule has 0 atom stereocenters. The molecule has 0 fully saturated rings. The number of nitro groups is 1. The van der Waals surface area contributed by atoms with E-state index in [1.807, 2.05) is 0 Å². The van der Waals surface area contributed by atoms with Crippen molar-refractivity contribution >= 4 is 11.8 Å². The van der Waals surface area contributed by atoms with E-state index in [0.717, 1.165) is 18.1 Å². The Labute approximate surface area is 99.0 Å². The summed E-state index contributed by atoms with van der Waals surface area (Å²) in [5, 5.41) is 18.4. The van der Waals surface area contributed by atoms with Crippen molar-refractivity contribution in [3.05, 3.63) is 34.4 Å². The summed E-state index contributed by atoms with van der Waals surface area (Å²) in [7, 11) is 0. The maximum absolute atomic E-state index is 10.2. The Morgan fingerprint density at radius 3 is 2.00 bits per heavy atom. The van der Waals surface area contributed by atoms with Crippen LogP contribution in [0, 0.1) is 16.0 Å². The van der Waals surface area contributed by atoms with Crippen molar-refractivity contribution in [2.45, 2.75) is 20.8 Å². The summed E-state index contributed by atoms with van der Waals surface area (Å²) in [6, 6.07) is 4.76. The second-order valence-corrected chi connectivity index (χ2v) is 3.85. The lowest BCUT2D eigenvalue weighted by Gasteiger charge is -1.97. The summed E-state index contributed by atoms with van der Waals surface area (Å²) < 4.78 is 4.24. The molecule has 0 heterocycles. The van der Waals surface area contributed by atoms with E-state index in [1.165, 1.54) is 12.1 Å². The third-order valence-electron chi connectivity index (χ3n) is 1.25. The first-order valence-electron chi connectivity index (χ1n) is 4.98. The molecule has 0 saturated carbocycles. The molecule has 1 aromatic rings. The minimum atomic E-state index is -1.45. The summed E-state index contributed by atoms with van der Waals surface area (Å²) in [6.45, 7) is 6.50. The third kappa shape index (κ3) is 7.78. The fraction of sp³-hybridized carbons (Fsp3) is 0.364. The van der Waals surface area contributed by atoms with Crippen molar-refractivity contribution in [3.63, 3.8) is 0 Å². The van der Waals surface area contributed by atoms with Gasteiger partial charge in [-0.15, -0.1) is 0 Å². The molecular formula is C11H15NO5. The summed E-state index contributed by atoms with van der Waals surface area (Å²) in [6.07, 6.45) is -1.45. The minimum absolute atomic E-state index is 0.0538. The largest absolute Gasteiger partial charge is 0.511 e. The van der Waals surface area contributed by atoms with Gasteiger partial charge in [-0.3, -0.25) is 10.1 Å². The van der Waals surface area contributed by atoms with Gasteiger partial charge >= 0.3 is 6.16 Å². The molecule has 0 radical (unpaired) electrons. The van der Waals surface area contributed by atoms with Crippen molar-refractivity contribution in [3.8, 4) is 5.75 Å². The van der Waals surface area contributed by atoms with E-state index in [0.29, 0.717) is 0 Å². The highest BCUT2D eigenvalue weighted by Crippen LogP contribution is 2.17. The number of carbonyl (C=O) groups is 1. The maximum atomic E-state index is 10.2. The lowest BCUT2D eigenvalue weighted by molar-refractivity contribution is -0.384. The predicted molar refractivity (Wildman–Crippen MR) is 62.3 cm³/mol. The summed E-state index contributed by atoms with van der Waals surface area (Å²) in [5.41, 5.74) is -0.113. The molecule has 94 valence electrons. The van der Waals surface area contributed by atoms with Gasteiger partial charge in [-0.25, -0.2) is 4.79 Å². The number of carboxylic acid groups (broad SMARTS) is 1. The minimum Gasteiger partial charge on any atom is -0.449 e. The van der Waals surface area contributed by atoms with Crippen LogP contribution in [0.2, 0.25) is 0 Å². The molecule has 0 spiro atoms. The van der Waals surface area contributed by atoms with Gasteiger partial charge in [0.15, 0.2) is 0 Å². The van der Waals surface area contributed by atoms with Crippen LogP contribution in [0.15, 0.2) is 24.3 Å². The zero-order chi connectivity index (χ0) is 13.4. The Balaban J connectivity index is 0.000000557. The molecule has 6 nitrogen and oxygen atoms in total. The highest BCUT2D eigenvalue weighted by molar-refractivity contribution is 5.61. The van der Waals surface area contributed by atoms with Gasteiger partial charge in [0.25, 0.3) is 5.69 Å². The number of non-ortho nitro benzene ring substituents is 1. The highest BCUT2D eigenvalue weighted by atomic mass is 16.7. The number of ether oxygens (including phenoxy) is 1. The van der Waals surface area contributed by atoms with Gasteiger partial charge in [0, 0.05) is 12.1 Å². The van der Waals surface area contributed by atoms with Crippen molar-refractivity contribution in [1.82, 2.24) is 0 Å². The maximum Gasteiger partial charge on any atom is 0.511 e. The average Bonchev–Trinajstić information content (AvgIpc) is 2.16. The van der Waals surface area contributed by atoms with Crippen LogP contribution in [0.3, 0.4) is 0 Å². The summed E-state index contributed by atoms with van der Waals surface area (Å²) in [5.74, 6) is 0.887. The van der Waals surface area contributed by atoms with Crippen molar-refractivity contribution < 1.29 is 19.6 Å². The molecule has 0 aliphatic heterocycles. The van der Waals surface area contributed by atoms with Gasteiger partial charge in [-0.2, -0.15) is 0 Å². The molecule has 0 aromatic heterocycles.